The van der Waals surface area contributed by atoms with Crippen LogP contribution in [0.5, 0.6) is 5.75 Å². The van der Waals surface area contributed by atoms with Crippen LogP contribution in [0.25, 0.3) is 0 Å². The Bertz CT molecular complexity index is 603. The van der Waals surface area contributed by atoms with Crippen molar-refractivity contribution >= 4 is 11.9 Å². The number of carbonyl (C=O) groups excluding carboxylic acids is 1. The third kappa shape index (κ3) is 4.37. The van der Waals surface area contributed by atoms with Gasteiger partial charge < -0.3 is 14.7 Å². The van der Waals surface area contributed by atoms with Crippen LogP contribution in [0.3, 0.4) is 0 Å². The summed E-state index contributed by atoms with van der Waals surface area (Å²) in [6, 6.07) is 4.60. The Morgan fingerprint density at radius 2 is 2.00 bits per heavy atom. The van der Waals surface area contributed by atoms with E-state index in [0.717, 1.165) is 12.1 Å². The molecule has 1 aliphatic rings. The molecule has 126 valence electrons. The summed E-state index contributed by atoms with van der Waals surface area (Å²) in [5, 5.41) is 9.08. The molecule has 0 aromatic heterocycles. The maximum Gasteiger partial charge on any atom is 0.573 e. The van der Waals surface area contributed by atoms with Crippen molar-refractivity contribution < 1.29 is 32.6 Å². The molecule has 1 aromatic rings. The molecule has 8 heteroatoms. The molecule has 1 saturated heterocycles. The average Bonchev–Trinajstić information content (AvgIpc) is 2.45. The molecule has 2 atom stereocenters. The van der Waals surface area contributed by atoms with Crippen LogP contribution in [0.4, 0.5) is 13.2 Å². The fourth-order valence-electron chi connectivity index (χ4n) is 2.58. The van der Waals surface area contributed by atoms with E-state index >= 15 is 0 Å². The molecule has 1 N–H and O–H groups in total. The number of hydrogen-bond acceptors (Lipinski definition) is 3. The zero-order chi connectivity index (χ0) is 17.2. The minimum absolute atomic E-state index is 0.0321. The minimum Gasteiger partial charge on any atom is -0.481 e. The van der Waals surface area contributed by atoms with Crippen LogP contribution in [0.2, 0.25) is 0 Å². The molecular formula is C15H16F3NO4. The number of piperidine rings is 1. The number of halogens is 3. The summed E-state index contributed by atoms with van der Waals surface area (Å²) in [5.74, 6) is -2.63. The maximum atomic E-state index is 12.5. The summed E-state index contributed by atoms with van der Waals surface area (Å²) in [7, 11) is 0. The van der Waals surface area contributed by atoms with Gasteiger partial charge in [0.1, 0.15) is 5.75 Å². The number of carboxylic acid groups (broad SMARTS) is 1. The first-order valence-corrected chi connectivity index (χ1v) is 7.07. The first-order chi connectivity index (χ1) is 10.7. The summed E-state index contributed by atoms with van der Waals surface area (Å²) in [6.45, 7) is 1.83. The number of benzene rings is 1. The highest BCUT2D eigenvalue weighted by Gasteiger charge is 2.34. The minimum atomic E-state index is -4.84. The van der Waals surface area contributed by atoms with Gasteiger partial charge in [0.05, 0.1) is 5.92 Å². The van der Waals surface area contributed by atoms with Crippen LogP contribution in [0.1, 0.15) is 30.1 Å². The highest BCUT2D eigenvalue weighted by Crippen LogP contribution is 2.27. The van der Waals surface area contributed by atoms with E-state index in [1.165, 1.54) is 17.0 Å². The monoisotopic (exact) mass is 331 g/mol. The number of nitrogens with zero attached hydrogens (tertiary/aromatic N) is 1. The average molecular weight is 331 g/mol. The smallest absolute Gasteiger partial charge is 0.481 e. The quantitative estimate of drug-likeness (QED) is 0.925. The van der Waals surface area contributed by atoms with E-state index in [2.05, 4.69) is 4.74 Å². The molecular weight excluding hydrogens is 315 g/mol. The largest absolute Gasteiger partial charge is 0.573 e. The number of carboxylic acids is 1. The van der Waals surface area contributed by atoms with Gasteiger partial charge in [0, 0.05) is 18.2 Å². The first-order valence-electron chi connectivity index (χ1n) is 7.07. The lowest BCUT2D eigenvalue weighted by Gasteiger charge is -2.36. The second-order valence-electron chi connectivity index (χ2n) is 5.49. The lowest BCUT2D eigenvalue weighted by Crippen LogP contribution is -2.47. The predicted molar refractivity (Wildman–Crippen MR) is 74.0 cm³/mol. The van der Waals surface area contributed by atoms with Crippen LogP contribution in [0, 0.1) is 5.92 Å². The summed E-state index contributed by atoms with van der Waals surface area (Å²) < 4.78 is 40.5. The van der Waals surface area contributed by atoms with E-state index in [1.54, 1.807) is 6.92 Å². The van der Waals surface area contributed by atoms with Crippen molar-refractivity contribution in [1.82, 2.24) is 4.90 Å². The zero-order valence-corrected chi connectivity index (χ0v) is 12.3. The summed E-state index contributed by atoms with van der Waals surface area (Å²) >= 11 is 0. The van der Waals surface area contributed by atoms with Gasteiger partial charge in [-0.3, -0.25) is 9.59 Å². The second kappa shape index (κ2) is 6.47. The molecule has 1 aliphatic heterocycles. The van der Waals surface area contributed by atoms with Crippen molar-refractivity contribution in [3.05, 3.63) is 29.8 Å². The number of ether oxygens (including phenoxy) is 1. The van der Waals surface area contributed by atoms with E-state index < -0.39 is 29.9 Å². The normalized spacial score (nSPS) is 21.8. The van der Waals surface area contributed by atoms with Gasteiger partial charge in [-0.05, 0) is 38.0 Å². The van der Waals surface area contributed by atoms with Crippen molar-refractivity contribution in [2.75, 3.05) is 6.54 Å². The van der Waals surface area contributed by atoms with Gasteiger partial charge in [-0.15, -0.1) is 13.2 Å². The third-order valence-electron chi connectivity index (χ3n) is 3.81. The van der Waals surface area contributed by atoms with Gasteiger partial charge in [0.2, 0.25) is 0 Å². The Morgan fingerprint density at radius 3 is 2.61 bits per heavy atom. The van der Waals surface area contributed by atoms with E-state index in [4.69, 9.17) is 5.11 Å². The summed E-state index contributed by atoms with van der Waals surface area (Å²) in [5.41, 5.74) is 0.0321. The fraction of sp³-hybridized carbons (Fsp3) is 0.467. The highest BCUT2D eigenvalue weighted by atomic mass is 19.4. The number of aliphatic carboxylic acids is 1. The van der Waals surface area contributed by atoms with Gasteiger partial charge in [0.15, 0.2) is 0 Å². The van der Waals surface area contributed by atoms with E-state index in [1.807, 2.05) is 0 Å². The first kappa shape index (κ1) is 17.1. The molecule has 0 bridgehead atoms. The Balaban J connectivity index is 2.18. The zero-order valence-electron chi connectivity index (χ0n) is 12.3. The van der Waals surface area contributed by atoms with Crippen molar-refractivity contribution in [2.45, 2.75) is 32.2 Å². The Labute approximate surface area is 130 Å². The number of rotatable bonds is 3. The standard InChI is InChI=1S/C15H16F3NO4/c1-9-5-6-11(14(21)22)8-19(9)13(20)10-3-2-4-12(7-10)23-15(16,17)18/h2-4,7,9,11H,5-6,8H2,1H3,(H,21,22). The molecule has 0 saturated carbocycles. The van der Waals surface area contributed by atoms with Crippen LogP contribution < -0.4 is 4.74 Å². The van der Waals surface area contributed by atoms with Gasteiger partial charge >= 0.3 is 12.3 Å². The van der Waals surface area contributed by atoms with E-state index in [-0.39, 0.29) is 18.2 Å². The molecule has 0 radical (unpaired) electrons. The number of alkyl halides is 3. The Hall–Kier alpha value is -2.25. The molecule has 2 rings (SSSR count). The summed E-state index contributed by atoms with van der Waals surface area (Å²) in [6.07, 6.45) is -3.84. The Morgan fingerprint density at radius 1 is 1.30 bits per heavy atom. The number of hydrogen-bond donors (Lipinski definition) is 1. The molecule has 0 aliphatic carbocycles. The molecule has 1 aromatic carbocycles. The number of carbonyl (C=O) groups is 2. The lowest BCUT2D eigenvalue weighted by molar-refractivity contribution is -0.274. The van der Waals surface area contributed by atoms with E-state index in [9.17, 15) is 22.8 Å². The van der Waals surface area contributed by atoms with Crippen LogP contribution in [-0.4, -0.2) is 40.8 Å². The van der Waals surface area contributed by atoms with Gasteiger partial charge in [-0.1, -0.05) is 6.07 Å². The summed E-state index contributed by atoms with van der Waals surface area (Å²) in [4.78, 5) is 25.0. The molecule has 1 amide bonds. The molecule has 5 nitrogen and oxygen atoms in total. The van der Waals surface area contributed by atoms with Crippen molar-refractivity contribution in [2.24, 2.45) is 5.92 Å². The molecule has 1 fully saturated rings. The SMILES string of the molecule is CC1CCC(C(=O)O)CN1C(=O)c1cccc(OC(F)(F)F)c1. The van der Waals surface area contributed by atoms with Gasteiger partial charge in [0.25, 0.3) is 5.91 Å². The number of likely N-dealkylation sites (tertiary alicyclic amines) is 1. The lowest BCUT2D eigenvalue weighted by atomic mass is 9.93. The number of amides is 1. The molecule has 1 heterocycles. The van der Waals surface area contributed by atoms with Crippen LogP contribution in [0.15, 0.2) is 24.3 Å². The molecule has 0 spiro atoms. The van der Waals surface area contributed by atoms with Crippen molar-refractivity contribution in [1.29, 1.82) is 0 Å². The topological polar surface area (TPSA) is 66.8 Å². The fourth-order valence-corrected chi connectivity index (χ4v) is 2.58. The molecule has 23 heavy (non-hydrogen) atoms. The second-order valence-corrected chi connectivity index (χ2v) is 5.49. The van der Waals surface area contributed by atoms with Crippen molar-refractivity contribution in [3.63, 3.8) is 0 Å². The Kier molecular flexibility index (Phi) is 4.82. The third-order valence-corrected chi connectivity index (χ3v) is 3.81. The van der Waals surface area contributed by atoms with Crippen LogP contribution >= 0.6 is 0 Å². The highest BCUT2D eigenvalue weighted by molar-refractivity contribution is 5.95. The predicted octanol–water partition coefficient (Wildman–Crippen LogP) is 2.91. The van der Waals surface area contributed by atoms with E-state index in [0.29, 0.717) is 12.8 Å². The van der Waals surface area contributed by atoms with Crippen LogP contribution in [-0.2, 0) is 4.79 Å². The maximum absolute atomic E-state index is 12.5. The van der Waals surface area contributed by atoms with Gasteiger partial charge in [-0.25, -0.2) is 0 Å². The van der Waals surface area contributed by atoms with Crippen molar-refractivity contribution in [3.8, 4) is 5.75 Å². The van der Waals surface area contributed by atoms with Gasteiger partial charge in [-0.2, -0.15) is 0 Å². The molecule has 2 unspecified atom stereocenters.